The lowest BCUT2D eigenvalue weighted by molar-refractivity contribution is -0.0108. The molecule has 0 amide bonds. The Morgan fingerprint density at radius 2 is 2.31 bits per heavy atom. The highest BCUT2D eigenvalue weighted by molar-refractivity contribution is 4.99. The average molecular weight is 226 g/mol. The van der Waals surface area contributed by atoms with Gasteiger partial charge in [0.1, 0.15) is 5.82 Å². The fourth-order valence-corrected chi connectivity index (χ4v) is 1.65. The Kier molecular flexibility index (Phi) is 4.46. The van der Waals surface area contributed by atoms with Gasteiger partial charge in [-0.25, -0.2) is 4.98 Å². The molecule has 0 saturated heterocycles. The summed E-state index contributed by atoms with van der Waals surface area (Å²) in [6.07, 6.45) is 4.53. The molecule has 0 aliphatic carbocycles. The Hall–Kier alpha value is -0.910. The van der Waals surface area contributed by atoms with Crippen LogP contribution in [0, 0.1) is 0 Å². The summed E-state index contributed by atoms with van der Waals surface area (Å²) >= 11 is 0. The van der Waals surface area contributed by atoms with Crippen LogP contribution in [0.2, 0.25) is 0 Å². The first-order valence-corrected chi connectivity index (χ1v) is 5.56. The Labute approximate surface area is 97.0 Å². The lowest BCUT2D eigenvalue weighted by Gasteiger charge is -2.32. The molecule has 3 N–H and O–H groups in total. The third-order valence-corrected chi connectivity index (χ3v) is 3.10. The van der Waals surface area contributed by atoms with Crippen LogP contribution in [0.1, 0.15) is 26.6 Å². The van der Waals surface area contributed by atoms with E-state index >= 15 is 0 Å². The van der Waals surface area contributed by atoms with Gasteiger partial charge in [-0.05, 0) is 20.8 Å². The fourth-order valence-electron chi connectivity index (χ4n) is 1.65. The second-order valence-electron chi connectivity index (χ2n) is 4.36. The number of ether oxygens (including phenoxy) is 1. The van der Waals surface area contributed by atoms with Crippen LogP contribution in [0.25, 0.3) is 0 Å². The minimum atomic E-state index is -0.320. The SMILES string of the molecule is CCn1ccnc1CC(NN)C(C)(C)OC. The molecule has 0 fully saturated rings. The summed E-state index contributed by atoms with van der Waals surface area (Å²) in [5.74, 6) is 6.60. The van der Waals surface area contributed by atoms with E-state index in [1.807, 2.05) is 26.2 Å². The minimum Gasteiger partial charge on any atom is -0.377 e. The first-order chi connectivity index (χ1) is 7.55. The number of imidazole rings is 1. The monoisotopic (exact) mass is 226 g/mol. The Morgan fingerprint density at radius 1 is 1.62 bits per heavy atom. The van der Waals surface area contributed by atoms with Gasteiger partial charge in [0.2, 0.25) is 0 Å². The van der Waals surface area contributed by atoms with Crippen LogP contribution < -0.4 is 11.3 Å². The largest absolute Gasteiger partial charge is 0.377 e. The summed E-state index contributed by atoms with van der Waals surface area (Å²) in [5.41, 5.74) is 2.48. The summed E-state index contributed by atoms with van der Waals surface area (Å²) in [5, 5.41) is 0. The number of methoxy groups -OCH3 is 1. The van der Waals surface area contributed by atoms with Crippen LogP contribution in [0.15, 0.2) is 12.4 Å². The maximum absolute atomic E-state index is 5.58. The molecule has 1 aromatic heterocycles. The van der Waals surface area contributed by atoms with Crippen LogP contribution >= 0.6 is 0 Å². The fraction of sp³-hybridized carbons (Fsp3) is 0.727. The van der Waals surface area contributed by atoms with Crippen molar-refractivity contribution in [2.45, 2.75) is 45.4 Å². The number of nitrogens with zero attached hydrogens (tertiary/aromatic N) is 2. The van der Waals surface area contributed by atoms with Gasteiger partial charge in [0.25, 0.3) is 0 Å². The van der Waals surface area contributed by atoms with Gasteiger partial charge in [0, 0.05) is 32.5 Å². The number of nitrogens with two attached hydrogens (primary N) is 1. The molecule has 1 atom stereocenters. The third kappa shape index (κ3) is 2.81. The van der Waals surface area contributed by atoms with Crippen molar-refractivity contribution in [2.75, 3.05) is 7.11 Å². The van der Waals surface area contributed by atoms with Crippen molar-refractivity contribution in [2.24, 2.45) is 5.84 Å². The third-order valence-electron chi connectivity index (χ3n) is 3.10. The summed E-state index contributed by atoms with van der Waals surface area (Å²) in [4.78, 5) is 4.33. The lowest BCUT2D eigenvalue weighted by atomic mass is 9.96. The molecule has 0 saturated carbocycles. The summed E-state index contributed by atoms with van der Waals surface area (Å²) < 4.78 is 7.54. The predicted octanol–water partition coefficient (Wildman–Crippen LogP) is 0.702. The molecule has 92 valence electrons. The van der Waals surface area contributed by atoms with Crippen molar-refractivity contribution in [3.8, 4) is 0 Å². The Morgan fingerprint density at radius 3 is 2.81 bits per heavy atom. The quantitative estimate of drug-likeness (QED) is 0.553. The second kappa shape index (κ2) is 5.43. The standard InChI is InChI=1S/C11H22N4O/c1-5-15-7-6-13-10(15)8-9(14-12)11(2,3)16-4/h6-7,9,14H,5,8,12H2,1-4H3. The predicted molar refractivity (Wildman–Crippen MR) is 63.8 cm³/mol. The van der Waals surface area contributed by atoms with Gasteiger partial charge >= 0.3 is 0 Å². The minimum absolute atomic E-state index is 0.0326. The van der Waals surface area contributed by atoms with Crippen molar-refractivity contribution in [3.63, 3.8) is 0 Å². The number of aromatic nitrogens is 2. The van der Waals surface area contributed by atoms with E-state index in [-0.39, 0.29) is 11.6 Å². The van der Waals surface area contributed by atoms with Gasteiger partial charge in [-0.15, -0.1) is 0 Å². The van der Waals surface area contributed by atoms with E-state index in [1.165, 1.54) is 0 Å². The van der Waals surface area contributed by atoms with Gasteiger partial charge in [0.05, 0.1) is 11.6 Å². The van der Waals surface area contributed by atoms with Gasteiger partial charge in [-0.2, -0.15) is 0 Å². The molecule has 1 aromatic rings. The Balaban J connectivity index is 2.78. The lowest BCUT2D eigenvalue weighted by Crippen LogP contribution is -2.52. The van der Waals surface area contributed by atoms with Crippen LogP contribution in [0.5, 0.6) is 0 Å². The van der Waals surface area contributed by atoms with E-state index in [1.54, 1.807) is 7.11 Å². The van der Waals surface area contributed by atoms with E-state index in [2.05, 4.69) is 21.9 Å². The first-order valence-electron chi connectivity index (χ1n) is 5.56. The molecule has 5 nitrogen and oxygen atoms in total. The topological polar surface area (TPSA) is 65.1 Å². The highest BCUT2D eigenvalue weighted by Crippen LogP contribution is 2.16. The molecule has 5 heteroatoms. The van der Waals surface area contributed by atoms with Gasteiger partial charge in [-0.1, -0.05) is 0 Å². The van der Waals surface area contributed by atoms with E-state index in [4.69, 9.17) is 10.6 Å². The van der Waals surface area contributed by atoms with Crippen molar-refractivity contribution in [3.05, 3.63) is 18.2 Å². The number of aryl methyl sites for hydroxylation is 1. The zero-order valence-corrected chi connectivity index (χ0v) is 10.5. The number of hydrazine groups is 1. The van der Waals surface area contributed by atoms with Crippen molar-refractivity contribution in [1.29, 1.82) is 0 Å². The van der Waals surface area contributed by atoms with Gasteiger partial charge in [0.15, 0.2) is 0 Å². The molecule has 0 radical (unpaired) electrons. The highest BCUT2D eigenvalue weighted by Gasteiger charge is 2.29. The first kappa shape index (κ1) is 13.2. The number of hydrogen-bond acceptors (Lipinski definition) is 4. The highest BCUT2D eigenvalue weighted by atomic mass is 16.5. The van der Waals surface area contributed by atoms with Crippen LogP contribution in [0.4, 0.5) is 0 Å². The molecule has 1 rings (SSSR count). The van der Waals surface area contributed by atoms with Gasteiger partial charge in [-0.3, -0.25) is 11.3 Å². The smallest absolute Gasteiger partial charge is 0.110 e. The molecular formula is C11H22N4O. The number of rotatable bonds is 6. The van der Waals surface area contributed by atoms with Crippen molar-refractivity contribution >= 4 is 0 Å². The molecular weight excluding hydrogens is 204 g/mol. The zero-order chi connectivity index (χ0) is 12.2. The van der Waals surface area contributed by atoms with Crippen LogP contribution in [-0.4, -0.2) is 28.3 Å². The second-order valence-corrected chi connectivity index (χ2v) is 4.36. The maximum Gasteiger partial charge on any atom is 0.110 e. The number of hydrogen-bond donors (Lipinski definition) is 2. The van der Waals surface area contributed by atoms with E-state index in [0.717, 1.165) is 18.8 Å². The van der Waals surface area contributed by atoms with Crippen molar-refractivity contribution < 1.29 is 4.74 Å². The summed E-state index contributed by atoms with van der Waals surface area (Å²) in [6.45, 7) is 7.03. The maximum atomic E-state index is 5.58. The molecule has 0 aliphatic heterocycles. The average Bonchev–Trinajstić information content (AvgIpc) is 2.72. The summed E-state index contributed by atoms with van der Waals surface area (Å²) in [6, 6.07) is 0.0326. The molecule has 0 aliphatic rings. The van der Waals surface area contributed by atoms with E-state index in [0.29, 0.717) is 0 Å². The number of nitrogens with one attached hydrogen (secondary N) is 1. The molecule has 1 unspecified atom stereocenters. The van der Waals surface area contributed by atoms with Crippen LogP contribution in [-0.2, 0) is 17.7 Å². The zero-order valence-electron chi connectivity index (χ0n) is 10.5. The molecule has 1 heterocycles. The van der Waals surface area contributed by atoms with Crippen molar-refractivity contribution in [1.82, 2.24) is 15.0 Å². The van der Waals surface area contributed by atoms with Gasteiger partial charge < -0.3 is 9.30 Å². The normalized spacial score (nSPS) is 14.1. The molecule has 0 bridgehead atoms. The Bertz CT molecular complexity index is 322. The van der Waals surface area contributed by atoms with E-state index in [9.17, 15) is 0 Å². The van der Waals surface area contributed by atoms with Crippen LogP contribution in [0.3, 0.4) is 0 Å². The van der Waals surface area contributed by atoms with E-state index < -0.39 is 0 Å². The molecule has 0 spiro atoms. The molecule has 0 aromatic carbocycles. The molecule has 16 heavy (non-hydrogen) atoms. The summed E-state index contributed by atoms with van der Waals surface area (Å²) in [7, 11) is 1.69.